The second kappa shape index (κ2) is 5.95. The van der Waals surface area contributed by atoms with Gasteiger partial charge in [-0.2, -0.15) is 0 Å². The van der Waals surface area contributed by atoms with E-state index in [2.05, 4.69) is 4.74 Å². The van der Waals surface area contributed by atoms with E-state index in [1.165, 1.54) is 6.07 Å². The van der Waals surface area contributed by atoms with Gasteiger partial charge in [-0.25, -0.2) is 4.79 Å². The van der Waals surface area contributed by atoms with Gasteiger partial charge in [0, 0.05) is 0 Å². The highest BCUT2D eigenvalue weighted by Gasteiger charge is 2.10. The van der Waals surface area contributed by atoms with Crippen molar-refractivity contribution in [2.45, 2.75) is 19.3 Å². The molecular weight excluding hydrogens is 215 g/mol. The SMILES string of the molecule is O=C(O)Oc1cccc(CCCCF)c1O. The van der Waals surface area contributed by atoms with Gasteiger partial charge in [0.05, 0.1) is 6.67 Å². The average Bonchev–Trinajstić information content (AvgIpc) is 2.23. The Morgan fingerprint density at radius 2 is 2.12 bits per heavy atom. The Labute approximate surface area is 92.3 Å². The van der Waals surface area contributed by atoms with Gasteiger partial charge < -0.3 is 14.9 Å². The van der Waals surface area contributed by atoms with Gasteiger partial charge in [-0.3, -0.25) is 4.39 Å². The maximum absolute atomic E-state index is 11.9. The number of hydrogen-bond donors (Lipinski definition) is 2. The van der Waals surface area contributed by atoms with Gasteiger partial charge in [-0.15, -0.1) is 0 Å². The van der Waals surface area contributed by atoms with Crippen LogP contribution in [0.15, 0.2) is 18.2 Å². The number of rotatable bonds is 5. The molecule has 0 aliphatic rings. The molecule has 0 heterocycles. The van der Waals surface area contributed by atoms with E-state index in [0.29, 0.717) is 24.8 Å². The summed E-state index contributed by atoms with van der Waals surface area (Å²) in [5, 5.41) is 18.1. The number of phenols is 1. The van der Waals surface area contributed by atoms with Crippen LogP contribution in [0.1, 0.15) is 18.4 Å². The molecule has 0 saturated heterocycles. The summed E-state index contributed by atoms with van der Waals surface area (Å²) in [7, 11) is 0. The van der Waals surface area contributed by atoms with Crippen LogP contribution in [0, 0.1) is 0 Å². The third-order valence-corrected chi connectivity index (χ3v) is 2.11. The lowest BCUT2D eigenvalue weighted by atomic mass is 10.1. The van der Waals surface area contributed by atoms with Gasteiger partial charge in [-0.1, -0.05) is 12.1 Å². The summed E-state index contributed by atoms with van der Waals surface area (Å²) < 4.78 is 16.3. The Kier molecular flexibility index (Phi) is 4.57. The average molecular weight is 228 g/mol. The second-order valence-corrected chi connectivity index (χ2v) is 3.28. The molecule has 0 radical (unpaired) electrons. The van der Waals surface area contributed by atoms with Crippen molar-refractivity contribution in [2.75, 3.05) is 6.67 Å². The van der Waals surface area contributed by atoms with Crippen molar-refractivity contribution in [1.29, 1.82) is 0 Å². The van der Waals surface area contributed by atoms with Crippen molar-refractivity contribution in [3.63, 3.8) is 0 Å². The molecule has 0 amide bonds. The number of phenolic OH excluding ortho intramolecular Hbond substituents is 1. The number of carbonyl (C=O) groups is 1. The Bertz CT molecular complexity index is 365. The van der Waals surface area contributed by atoms with E-state index in [-0.39, 0.29) is 11.5 Å². The molecule has 0 atom stereocenters. The normalized spacial score (nSPS) is 10.1. The van der Waals surface area contributed by atoms with Gasteiger partial charge in [0.15, 0.2) is 11.5 Å². The molecule has 0 saturated carbocycles. The molecule has 16 heavy (non-hydrogen) atoms. The fourth-order valence-electron chi connectivity index (χ4n) is 1.36. The molecule has 1 aromatic rings. The summed E-state index contributed by atoms with van der Waals surface area (Å²) in [6.07, 6.45) is 0.0348. The van der Waals surface area contributed by atoms with Crippen molar-refractivity contribution >= 4 is 6.16 Å². The van der Waals surface area contributed by atoms with E-state index in [4.69, 9.17) is 5.11 Å². The molecule has 1 aromatic carbocycles. The maximum Gasteiger partial charge on any atom is 0.511 e. The van der Waals surface area contributed by atoms with Crippen molar-refractivity contribution in [3.8, 4) is 11.5 Å². The number of unbranched alkanes of at least 4 members (excludes halogenated alkanes) is 1. The topological polar surface area (TPSA) is 66.8 Å². The zero-order chi connectivity index (χ0) is 12.0. The smallest absolute Gasteiger partial charge is 0.504 e. The van der Waals surface area contributed by atoms with Crippen LogP contribution in [0.5, 0.6) is 11.5 Å². The first-order chi connectivity index (χ1) is 7.65. The minimum Gasteiger partial charge on any atom is -0.504 e. The molecule has 4 nitrogen and oxygen atoms in total. The zero-order valence-electron chi connectivity index (χ0n) is 8.65. The van der Waals surface area contributed by atoms with Gasteiger partial charge in [0.1, 0.15) is 0 Å². The molecular formula is C11H13FO4. The first-order valence-corrected chi connectivity index (χ1v) is 4.92. The zero-order valence-corrected chi connectivity index (χ0v) is 8.65. The summed E-state index contributed by atoms with van der Waals surface area (Å²) in [5.74, 6) is -0.283. The van der Waals surface area contributed by atoms with Crippen molar-refractivity contribution in [1.82, 2.24) is 0 Å². The van der Waals surface area contributed by atoms with Gasteiger partial charge in [0.25, 0.3) is 0 Å². The van der Waals surface area contributed by atoms with Crippen LogP contribution in [0.4, 0.5) is 9.18 Å². The summed E-state index contributed by atoms with van der Waals surface area (Å²) >= 11 is 0. The molecule has 0 aromatic heterocycles. The van der Waals surface area contributed by atoms with Crippen LogP contribution in [0.3, 0.4) is 0 Å². The van der Waals surface area contributed by atoms with Crippen LogP contribution in [-0.2, 0) is 6.42 Å². The number of para-hydroxylation sites is 1. The molecule has 0 unspecified atom stereocenters. The number of aromatic hydroxyl groups is 1. The summed E-state index contributed by atoms with van der Waals surface area (Å²) in [4.78, 5) is 10.3. The van der Waals surface area contributed by atoms with Crippen molar-refractivity contribution in [2.24, 2.45) is 0 Å². The Hall–Kier alpha value is -1.78. The monoisotopic (exact) mass is 228 g/mol. The molecule has 0 aliphatic carbocycles. The quantitative estimate of drug-likeness (QED) is 0.462. The third-order valence-electron chi connectivity index (χ3n) is 2.11. The highest BCUT2D eigenvalue weighted by molar-refractivity contribution is 5.63. The number of aryl methyl sites for hydroxylation is 1. The van der Waals surface area contributed by atoms with Crippen LogP contribution in [0.2, 0.25) is 0 Å². The molecule has 0 aliphatic heterocycles. The predicted molar refractivity (Wildman–Crippen MR) is 55.7 cm³/mol. The number of hydrogen-bond acceptors (Lipinski definition) is 3. The minimum atomic E-state index is -1.48. The lowest BCUT2D eigenvalue weighted by molar-refractivity contribution is 0.143. The summed E-state index contributed by atoms with van der Waals surface area (Å²) in [6, 6.07) is 4.60. The number of ether oxygens (including phenoxy) is 1. The highest BCUT2D eigenvalue weighted by Crippen LogP contribution is 2.30. The third kappa shape index (κ3) is 3.42. The van der Waals surface area contributed by atoms with Crippen LogP contribution >= 0.6 is 0 Å². The molecule has 1 rings (SSSR count). The van der Waals surface area contributed by atoms with Crippen molar-refractivity contribution in [3.05, 3.63) is 23.8 Å². The van der Waals surface area contributed by atoms with E-state index in [1.54, 1.807) is 12.1 Å². The lowest BCUT2D eigenvalue weighted by Crippen LogP contribution is -2.03. The fraction of sp³-hybridized carbons (Fsp3) is 0.364. The minimum absolute atomic E-state index is 0.0924. The van der Waals surface area contributed by atoms with Crippen LogP contribution in [0.25, 0.3) is 0 Å². The Balaban J connectivity index is 2.74. The largest absolute Gasteiger partial charge is 0.511 e. The van der Waals surface area contributed by atoms with Gasteiger partial charge in [0.2, 0.25) is 0 Å². The fourth-order valence-corrected chi connectivity index (χ4v) is 1.36. The first kappa shape index (κ1) is 12.3. The van der Waals surface area contributed by atoms with E-state index in [0.717, 1.165) is 0 Å². The Morgan fingerprint density at radius 3 is 2.75 bits per heavy atom. The van der Waals surface area contributed by atoms with Gasteiger partial charge in [-0.05, 0) is 30.9 Å². The summed E-state index contributed by atoms with van der Waals surface area (Å²) in [6.45, 7) is -0.397. The maximum atomic E-state index is 11.9. The summed E-state index contributed by atoms with van der Waals surface area (Å²) in [5.41, 5.74) is 0.562. The molecule has 88 valence electrons. The van der Waals surface area contributed by atoms with Gasteiger partial charge >= 0.3 is 6.16 Å². The van der Waals surface area contributed by atoms with E-state index in [9.17, 15) is 14.3 Å². The number of carboxylic acid groups (broad SMARTS) is 1. The standard InChI is InChI=1S/C11H13FO4/c12-7-2-1-4-8-5-3-6-9(10(8)13)16-11(14)15/h3,5-6,13H,1-2,4,7H2,(H,14,15). The molecule has 0 spiro atoms. The molecule has 0 bridgehead atoms. The number of halogens is 1. The molecule has 5 heteroatoms. The molecule has 2 N–H and O–H groups in total. The van der Waals surface area contributed by atoms with E-state index in [1.807, 2.05) is 0 Å². The highest BCUT2D eigenvalue weighted by atomic mass is 19.1. The van der Waals surface area contributed by atoms with E-state index < -0.39 is 12.8 Å². The van der Waals surface area contributed by atoms with Crippen LogP contribution < -0.4 is 4.74 Å². The Morgan fingerprint density at radius 1 is 1.38 bits per heavy atom. The second-order valence-electron chi connectivity index (χ2n) is 3.28. The van der Waals surface area contributed by atoms with E-state index >= 15 is 0 Å². The number of alkyl halides is 1. The molecule has 0 fully saturated rings. The number of benzene rings is 1. The lowest BCUT2D eigenvalue weighted by Gasteiger charge is -2.07. The van der Waals surface area contributed by atoms with Crippen molar-refractivity contribution < 1.29 is 24.1 Å². The predicted octanol–water partition coefficient (Wildman–Crippen LogP) is 2.74. The first-order valence-electron chi connectivity index (χ1n) is 4.92. The van der Waals surface area contributed by atoms with Crippen LogP contribution in [-0.4, -0.2) is 23.0 Å².